The van der Waals surface area contributed by atoms with Crippen LogP contribution in [0.1, 0.15) is 27.0 Å². The van der Waals surface area contributed by atoms with Crippen LogP contribution in [0.5, 0.6) is 17.2 Å². The second-order valence-electron chi connectivity index (χ2n) is 7.08. The molecular weight excluding hydrogens is 394 g/mol. The molecule has 3 aromatic rings. The van der Waals surface area contributed by atoms with Gasteiger partial charge in [-0.1, -0.05) is 36.4 Å². The summed E-state index contributed by atoms with van der Waals surface area (Å²) in [7, 11) is 3.04. The summed E-state index contributed by atoms with van der Waals surface area (Å²) in [5.41, 5.74) is 2.93. The van der Waals surface area contributed by atoms with Gasteiger partial charge in [-0.05, 0) is 53.1 Å². The fourth-order valence-corrected chi connectivity index (χ4v) is 3.55. The highest BCUT2D eigenvalue weighted by Crippen LogP contribution is 2.33. The predicted octanol–water partition coefficient (Wildman–Crippen LogP) is 4.13. The largest absolute Gasteiger partial charge is 0.504 e. The molecule has 0 fully saturated rings. The molecule has 1 aliphatic heterocycles. The van der Waals surface area contributed by atoms with E-state index < -0.39 is 0 Å². The summed E-state index contributed by atoms with van der Waals surface area (Å²) in [6.07, 6.45) is 1.70. The quantitative estimate of drug-likeness (QED) is 0.501. The van der Waals surface area contributed by atoms with E-state index in [1.807, 2.05) is 12.1 Å². The maximum absolute atomic E-state index is 13.4. The third-order valence-electron chi connectivity index (χ3n) is 5.18. The summed E-state index contributed by atoms with van der Waals surface area (Å²) < 4.78 is 10.3. The van der Waals surface area contributed by atoms with E-state index >= 15 is 0 Å². The van der Waals surface area contributed by atoms with Crippen molar-refractivity contribution in [3.8, 4) is 17.2 Å². The zero-order valence-electron chi connectivity index (χ0n) is 17.2. The summed E-state index contributed by atoms with van der Waals surface area (Å²) in [6, 6.07) is 19.1. The first-order valence-corrected chi connectivity index (χ1v) is 9.69. The molecule has 0 spiro atoms. The Bertz CT molecular complexity index is 1180. The monoisotopic (exact) mass is 415 g/mol. The fourth-order valence-electron chi connectivity index (χ4n) is 3.55. The minimum atomic E-state index is -0.383. The van der Waals surface area contributed by atoms with Gasteiger partial charge in [-0.15, -0.1) is 0 Å². The number of benzene rings is 3. The van der Waals surface area contributed by atoms with Gasteiger partial charge in [-0.3, -0.25) is 14.5 Å². The zero-order valence-corrected chi connectivity index (χ0v) is 17.2. The third kappa shape index (κ3) is 3.88. The van der Waals surface area contributed by atoms with Crippen molar-refractivity contribution >= 4 is 23.5 Å². The van der Waals surface area contributed by atoms with Gasteiger partial charge in [0.2, 0.25) is 0 Å². The summed E-state index contributed by atoms with van der Waals surface area (Å²) in [4.78, 5) is 27.7. The molecule has 0 atom stereocenters. The highest BCUT2D eigenvalue weighted by Gasteiger charge is 2.34. The summed E-state index contributed by atoms with van der Waals surface area (Å²) in [5.74, 6) is 0.295. The molecule has 6 nitrogen and oxygen atoms in total. The molecular formula is C25H21NO5. The number of amides is 2. The minimum absolute atomic E-state index is 0.0105. The van der Waals surface area contributed by atoms with Gasteiger partial charge in [0.1, 0.15) is 5.75 Å². The smallest absolute Gasteiger partial charge is 0.261 e. The summed E-state index contributed by atoms with van der Waals surface area (Å²) in [5, 5.41) is 9.85. The van der Waals surface area contributed by atoms with Crippen molar-refractivity contribution in [2.45, 2.75) is 6.54 Å². The number of aromatic hydroxyl groups is 1. The second-order valence-corrected chi connectivity index (χ2v) is 7.08. The van der Waals surface area contributed by atoms with Crippen LogP contribution in [0, 0.1) is 0 Å². The molecule has 0 aromatic heterocycles. The molecule has 0 aliphatic carbocycles. The molecule has 1 heterocycles. The highest BCUT2D eigenvalue weighted by atomic mass is 16.5. The number of phenols is 1. The van der Waals surface area contributed by atoms with Crippen molar-refractivity contribution in [1.29, 1.82) is 0 Å². The predicted molar refractivity (Wildman–Crippen MR) is 117 cm³/mol. The molecule has 156 valence electrons. The van der Waals surface area contributed by atoms with Crippen molar-refractivity contribution in [2.24, 2.45) is 0 Å². The number of carbonyl (C=O) groups excluding carboxylic acids is 2. The second kappa shape index (κ2) is 8.36. The topological polar surface area (TPSA) is 76.1 Å². The zero-order chi connectivity index (χ0) is 22.0. The van der Waals surface area contributed by atoms with Crippen molar-refractivity contribution < 1.29 is 24.2 Å². The first-order chi connectivity index (χ1) is 15.0. The third-order valence-corrected chi connectivity index (χ3v) is 5.18. The molecule has 2 amide bonds. The van der Waals surface area contributed by atoms with E-state index in [1.54, 1.807) is 61.7 Å². The van der Waals surface area contributed by atoms with Crippen LogP contribution in [-0.4, -0.2) is 36.0 Å². The SMILES string of the molecule is COc1ccc(CN2C(=O)/C(=C\c3ccc(O)c(OC)c3)c3ccccc3C2=O)cc1. The molecule has 0 saturated carbocycles. The average molecular weight is 415 g/mol. The number of rotatable bonds is 5. The number of imide groups is 1. The van der Waals surface area contributed by atoms with E-state index in [2.05, 4.69) is 0 Å². The Kier molecular flexibility index (Phi) is 5.45. The van der Waals surface area contributed by atoms with Gasteiger partial charge in [0.15, 0.2) is 11.5 Å². The van der Waals surface area contributed by atoms with Crippen LogP contribution in [0.4, 0.5) is 0 Å². The maximum Gasteiger partial charge on any atom is 0.261 e. The number of phenolic OH excluding ortho intramolecular Hbond substituents is 1. The molecule has 1 aliphatic rings. The van der Waals surface area contributed by atoms with Crippen LogP contribution >= 0.6 is 0 Å². The van der Waals surface area contributed by atoms with Crippen LogP contribution < -0.4 is 9.47 Å². The molecule has 0 radical (unpaired) electrons. The van der Waals surface area contributed by atoms with Gasteiger partial charge < -0.3 is 14.6 Å². The van der Waals surface area contributed by atoms with E-state index in [9.17, 15) is 14.7 Å². The molecule has 1 N–H and O–H groups in total. The maximum atomic E-state index is 13.4. The van der Waals surface area contributed by atoms with Crippen molar-refractivity contribution in [2.75, 3.05) is 14.2 Å². The molecule has 0 unspecified atom stereocenters. The van der Waals surface area contributed by atoms with E-state index in [0.717, 1.165) is 5.56 Å². The summed E-state index contributed by atoms with van der Waals surface area (Å²) >= 11 is 0. The lowest BCUT2D eigenvalue weighted by Crippen LogP contribution is -2.41. The fraction of sp³-hybridized carbons (Fsp3) is 0.120. The lowest BCUT2D eigenvalue weighted by atomic mass is 9.91. The Morgan fingerprint density at radius 3 is 2.26 bits per heavy atom. The van der Waals surface area contributed by atoms with Gasteiger partial charge in [-0.25, -0.2) is 0 Å². The Labute approximate surface area is 180 Å². The van der Waals surface area contributed by atoms with Crippen LogP contribution in [0.3, 0.4) is 0 Å². The van der Waals surface area contributed by atoms with E-state index in [0.29, 0.717) is 33.8 Å². The summed E-state index contributed by atoms with van der Waals surface area (Å²) in [6.45, 7) is 0.145. The van der Waals surface area contributed by atoms with Crippen LogP contribution in [0.15, 0.2) is 66.7 Å². The van der Waals surface area contributed by atoms with Crippen molar-refractivity contribution in [1.82, 2.24) is 4.90 Å². The molecule has 0 saturated heterocycles. The van der Waals surface area contributed by atoms with Crippen molar-refractivity contribution in [3.05, 3.63) is 89.0 Å². The number of hydrogen-bond donors (Lipinski definition) is 1. The van der Waals surface area contributed by atoms with Gasteiger partial charge in [0, 0.05) is 11.1 Å². The molecule has 0 bridgehead atoms. The average Bonchev–Trinajstić information content (AvgIpc) is 2.81. The van der Waals surface area contributed by atoms with Crippen LogP contribution in [0.2, 0.25) is 0 Å². The first kappa shape index (κ1) is 20.2. The Morgan fingerprint density at radius 1 is 0.871 bits per heavy atom. The van der Waals surface area contributed by atoms with Gasteiger partial charge in [0.25, 0.3) is 11.8 Å². The first-order valence-electron chi connectivity index (χ1n) is 9.69. The molecule has 4 rings (SSSR count). The normalized spacial score (nSPS) is 14.5. The van der Waals surface area contributed by atoms with Gasteiger partial charge >= 0.3 is 0 Å². The molecule has 31 heavy (non-hydrogen) atoms. The van der Waals surface area contributed by atoms with E-state index in [1.165, 1.54) is 18.1 Å². The van der Waals surface area contributed by atoms with Crippen molar-refractivity contribution in [3.63, 3.8) is 0 Å². The Morgan fingerprint density at radius 2 is 1.58 bits per heavy atom. The minimum Gasteiger partial charge on any atom is -0.504 e. The van der Waals surface area contributed by atoms with Gasteiger partial charge in [0.05, 0.1) is 20.8 Å². The molecule has 3 aromatic carbocycles. The number of hydrogen-bond acceptors (Lipinski definition) is 5. The lowest BCUT2D eigenvalue weighted by molar-refractivity contribution is -0.123. The number of methoxy groups -OCH3 is 2. The number of fused-ring (bicyclic) bond motifs is 1. The Hall–Kier alpha value is -4.06. The van der Waals surface area contributed by atoms with Crippen LogP contribution in [-0.2, 0) is 11.3 Å². The van der Waals surface area contributed by atoms with Crippen LogP contribution in [0.25, 0.3) is 11.6 Å². The Balaban J connectivity index is 1.76. The number of ether oxygens (including phenoxy) is 2. The van der Waals surface area contributed by atoms with E-state index in [4.69, 9.17) is 9.47 Å². The standard InChI is InChI=1S/C25H21NO5/c1-30-18-10-7-16(8-11-18)15-26-24(28)20-6-4-3-5-19(20)21(25(26)29)13-17-9-12-22(27)23(14-17)31-2/h3-14,27H,15H2,1-2H3/b21-13-. The highest BCUT2D eigenvalue weighted by molar-refractivity contribution is 6.33. The lowest BCUT2D eigenvalue weighted by Gasteiger charge is -2.29. The molecule has 6 heteroatoms. The van der Waals surface area contributed by atoms with E-state index in [-0.39, 0.29) is 24.1 Å². The number of carbonyl (C=O) groups is 2. The van der Waals surface area contributed by atoms with Gasteiger partial charge in [-0.2, -0.15) is 0 Å². The number of nitrogens with zero attached hydrogens (tertiary/aromatic N) is 1.